The standard InChI is InChI=1S/C17H12F2N2O2S2/c1-23-9-5-6-12-13(7-9)25-17(20-12)21-14(22)8-24-16(21)15-10(18)3-2-4-11(15)19/h2-7,16H,8H2,1H3. The molecule has 0 spiro atoms. The molecule has 8 heteroatoms. The van der Waals surface area contributed by atoms with E-state index in [-0.39, 0.29) is 17.2 Å². The van der Waals surface area contributed by atoms with Crippen molar-refractivity contribution in [2.24, 2.45) is 0 Å². The molecule has 1 amide bonds. The Balaban J connectivity index is 1.80. The summed E-state index contributed by atoms with van der Waals surface area (Å²) in [6, 6.07) is 9.10. The van der Waals surface area contributed by atoms with Crippen molar-refractivity contribution in [3.63, 3.8) is 0 Å². The minimum atomic E-state index is -0.767. The number of halogens is 2. The molecule has 1 fully saturated rings. The van der Waals surface area contributed by atoms with Gasteiger partial charge in [-0.05, 0) is 30.3 Å². The van der Waals surface area contributed by atoms with Crippen molar-refractivity contribution in [1.82, 2.24) is 4.98 Å². The van der Waals surface area contributed by atoms with Crippen LogP contribution in [0.3, 0.4) is 0 Å². The van der Waals surface area contributed by atoms with Crippen molar-refractivity contribution in [3.8, 4) is 5.75 Å². The number of methoxy groups -OCH3 is 1. The van der Waals surface area contributed by atoms with Crippen LogP contribution in [0.2, 0.25) is 0 Å². The maximum atomic E-state index is 14.2. The number of ether oxygens (including phenoxy) is 1. The van der Waals surface area contributed by atoms with Gasteiger partial charge in [-0.2, -0.15) is 0 Å². The molecule has 0 aliphatic carbocycles. The monoisotopic (exact) mass is 378 g/mol. The van der Waals surface area contributed by atoms with Crippen LogP contribution in [0.15, 0.2) is 36.4 Å². The van der Waals surface area contributed by atoms with Crippen molar-refractivity contribution in [2.45, 2.75) is 5.37 Å². The molecule has 3 aromatic rings. The third-order valence-corrected chi connectivity index (χ3v) is 6.10. The van der Waals surface area contributed by atoms with Gasteiger partial charge < -0.3 is 4.74 Å². The number of hydrogen-bond donors (Lipinski definition) is 0. The molecule has 1 atom stereocenters. The van der Waals surface area contributed by atoms with Crippen molar-refractivity contribution in [3.05, 3.63) is 53.6 Å². The summed E-state index contributed by atoms with van der Waals surface area (Å²) in [5, 5.41) is -0.345. The fourth-order valence-corrected chi connectivity index (χ4v) is 5.02. The van der Waals surface area contributed by atoms with Crippen LogP contribution >= 0.6 is 23.1 Å². The zero-order valence-corrected chi connectivity index (χ0v) is 14.7. The van der Waals surface area contributed by atoms with Gasteiger partial charge in [-0.1, -0.05) is 17.4 Å². The van der Waals surface area contributed by atoms with Gasteiger partial charge in [-0.25, -0.2) is 13.8 Å². The van der Waals surface area contributed by atoms with Crippen LogP contribution in [-0.4, -0.2) is 23.8 Å². The lowest BCUT2D eigenvalue weighted by molar-refractivity contribution is -0.115. The van der Waals surface area contributed by atoms with Crippen LogP contribution in [0.5, 0.6) is 5.75 Å². The molecule has 128 valence electrons. The van der Waals surface area contributed by atoms with Gasteiger partial charge in [-0.3, -0.25) is 9.69 Å². The Bertz CT molecular complexity index is 956. The van der Waals surface area contributed by atoms with Crippen LogP contribution in [-0.2, 0) is 4.79 Å². The summed E-state index contributed by atoms with van der Waals surface area (Å²) in [5.74, 6) is -0.720. The molecule has 0 N–H and O–H groups in total. The summed E-state index contributed by atoms with van der Waals surface area (Å²) in [5.41, 5.74) is 0.591. The second-order valence-electron chi connectivity index (χ2n) is 5.39. The summed E-state index contributed by atoms with van der Waals surface area (Å²) in [4.78, 5) is 18.2. The molecule has 0 bridgehead atoms. The number of thioether (sulfide) groups is 1. The zero-order valence-electron chi connectivity index (χ0n) is 13.0. The minimum absolute atomic E-state index is 0.116. The second-order valence-corrected chi connectivity index (χ2v) is 7.47. The molecule has 2 aromatic carbocycles. The fourth-order valence-electron chi connectivity index (χ4n) is 2.71. The van der Waals surface area contributed by atoms with E-state index in [9.17, 15) is 13.6 Å². The average Bonchev–Trinajstić information content (AvgIpc) is 3.17. The first-order valence-electron chi connectivity index (χ1n) is 7.40. The Labute approximate surface area is 150 Å². The molecule has 25 heavy (non-hydrogen) atoms. The second kappa shape index (κ2) is 6.27. The summed E-state index contributed by atoms with van der Waals surface area (Å²) in [6.07, 6.45) is 0. The Morgan fingerprint density at radius 1 is 1.24 bits per heavy atom. The number of carbonyl (C=O) groups excluding carboxylic acids is 1. The van der Waals surface area contributed by atoms with E-state index in [1.807, 2.05) is 6.07 Å². The van der Waals surface area contributed by atoms with Crippen molar-refractivity contribution in [2.75, 3.05) is 17.8 Å². The number of aromatic nitrogens is 1. The van der Waals surface area contributed by atoms with Crippen LogP contribution in [0.4, 0.5) is 13.9 Å². The van der Waals surface area contributed by atoms with Gasteiger partial charge in [0, 0.05) is 0 Å². The number of carbonyl (C=O) groups is 1. The van der Waals surface area contributed by atoms with Crippen molar-refractivity contribution in [1.29, 1.82) is 0 Å². The highest BCUT2D eigenvalue weighted by molar-refractivity contribution is 8.00. The van der Waals surface area contributed by atoms with E-state index in [0.29, 0.717) is 16.4 Å². The van der Waals surface area contributed by atoms with Gasteiger partial charge >= 0.3 is 0 Å². The molecule has 1 saturated heterocycles. The number of amides is 1. The predicted octanol–water partition coefficient (Wildman–Crippen LogP) is 4.36. The van der Waals surface area contributed by atoms with Crippen molar-refractivity contribution >= 4 is 44.4 Å². The third-order valence-electron chi connectivity index (χ3n) is 3.90. The predicted molar refractivity (Wildman–Crippen MR) is 95.2 cm³/mol. The molecule has 1 aliphatic rings. The van der Waals surface area contributed by atoms with Crippen LogP contribution in [0, 0.1) is 11.6 Å². The smallest absolute Gasteiger partial charge is 0.240 e. The average molecular weight is 378 g/mol. The molecule has 0 saturated carbocycles. The number of thiazole rings is 1. The summed E-state index contributed by atoms with van der Waals surface area (Å²) < 4.78 is 34.4. The number of nitrogens with zero attached hydrogens (tertiary/aromatic N) is 2. The maximum absolute atomic E-state index is 14.2. The van der Waals surface area contributed by atoms with E-state index < -0.39 is 17.0 Å². The Morgan fingerprint density at radius 2 is 2.00 bits per heavy atom. The normalized spacial score (nSPS) is 17.5. The van der Waals surface area contributed by atoms with E-state index >= 15 is 0 Å². The first-order valence-corrected chi connectivity index (χ1v) is 9.27. The molecule has 4 nitrogen and oxygen atoms in total. The first-order chi connectivity index (χ1) is 12.1. The SMILES string of the molecule is COc1ccc2nc(N3C(=O)CSC3c3c(F)cccc3F)sc2c1. The quantitative estimate of drug-likeness (QED) is 0.679. The number of rotatable bonds is 3. The molecule has 1 aromatic heterocycles. The molecular formula is C17H12F2N2O2S2. The highest BCUT2D eigenvalue weighted by atomic mass is 32.2. The molecule has 4 rings (SSSR count). The van der Waals surface area contributed by atoms with Gasteiger partial charge in [-0.15, -0.1) is 11.8 Å². The highest BCUT2D eigenvalue weighted by Crippen LogP contribution is 2.45. The van der Waals surface area contributed by atoms with Gasteiger partial charge in [0.15, 0.2) is 5.13 Å². The van der Waals surface area contributed by atoms with Gasteiger partial charge in [0.05, 0.1) is 28.6 Å². The molecule has 1 unspecified atom stereocenters. The van der Waals surface area contributed by atoms with E-state index in [2.05, 4.69) is 4.98 Å². The summed E-state index contributed by atoms with van der Waals surface area (Å²) >= 11 is 2.48. The lowest BCUT2D eigenvalue weighted by Crippen LogP contribution is -2.28. The summed E-state index contributed by atoms with van der Waals surface area (Å²) in [6.45, 7) is 0. The fraction of sp³-hybridized carbons (Fsp3) is 0.176. The van der Waals surface area contributed by atoms with Gasteiger partial charge in [0.1, 0.15) is 22.8 Å². The maximum Gasteiger partial charge on any atom is 0.240 e. The van der Waals surface area contributed by atoms with Gasteiger partial charge in [0.25, 0.3) is 0 Å². The molecular weight excluding hydrogens is 366 g/mol. The van der Waals surface area contributed by atoms with Crippen LogP contribution in [0.25, 0.3) is 10.2 Å². The zero-order chi connectivity index (χ0) is 17.6. The van der Waals surface area contributed by atoms with Crippen molar-refractivity contribution < 1.29 is 18.3 Å². The molecule has 0 radical (unpaired) electrons. The highest BCUT2D eigenvalue weighted by Gasteiger charge is 2.38. The number of fused-ring (bicyclic) bond motifs is 1. The van der Waals surface area contributed by atoms with E-state index in [1.54, 1.807) is 19.2 Å². The van der Waals surface area contributed by atoms with Crippen LogP contribution in [0.1, 0.15) is 10.9 Å². The number of hydrogen-bond acceptors (Lipinski definition) is 5. The third kappa shape index (κ3) is 2.75. The van der Waals surface area contributed by atoms with E-state index in [4.69, 9.17) is 4.74 Å². The largest absolute Gasteiger partial charge is 0.497 e. The first kappa shape index (κ1) is 16.3. The number of anilines is 1. The summed E-state index contributed by atoms with van der Waals surface area (Å²) in [7, 11) is 1.57. The van der Waals surface area contributed by atoms with Crippen LogP contribution < -0.4 is 9.64 Å². The Kier molecular flexibility index (Phi) is 4.09. The Hall–Kier alpha value is -2.19. The molecule has 1 aliphatic heterocycles. The van der Waals surface area contributed by atoms with E-state index in [0.717, 1.165) is 4.70 Å². The topological polar surface area (TPSA) is 42.4 Å². The van der Waals surface area contributed by atoms with E-state index in [1.165, 1.54) is 46.2 Å². The minimum Gasteiger partial charge on any atom is -0.497 e. The Morgan fingerprint density at radius 3 is 2.72 bits per heavy atom. The lowest BCUT2D eigenvalue weighted by atomic mass is 10.2. The lowest BCUT2D eigenvalue weighted by Gasteiger charge is -2.22. The number of benzene rings is 2. The van der Waals surface area contributed by atoms with Gasteiger partial charge in [0.2, 0.25) is 5.91 Å². The molecule has 2 heterocycles.